The van der Waals surface area contributed by atoms with Gasteiger partial charge in [-0.2, -0.15) is 0 Å². The van der Waals surface area contributed by atoms with Crippen LogP contribution in [0.5, 0.6) is 0 Å². The Balaban J connectivity index is 0.00000121. The third-order valence-electron chi connectivity index (χ3n) is 1.46. The molecule has 0 bridgehead atoms. The highest BCUT2D eigenvalue weighted by atomic mass is 35.5. The summed E-state index contributed by atoms with van der Waals surface area (Å²) in [5.74, 6) is 3.77. The molecule has 68 valence electrons. The summed E-state index contributed by atoms with van der Waals surface area (Å²) >= 11 is 0. The van der Waals surface area contributed by atoms with Crippen LogP contribution < -0.4 is 11.3 Å². The summed E-state index contributed by atoms with van der Waals surface area (Å²) < 4.78 is 25.2. The van der Waals surface area contributed by atoms with Crippen molar-refractivity contribution in [2.24, 2.45) is 5.84 Å². The van der Waals surface area contributed by atoms with Crippen LogP contribution in [-0.4, -0.2) is 0 Å². The summed E-state index contributed by atoms with van der Waals surface area (Å²) in [4.78, 5) is 0. The molecule has 12 heavy (non-hydrogen) atoms. The molecule has 0 unspecified atom stereocenters. The van der Waals surface area contributed by atoms with Crippen molar-refractivity contribution < 1.29 is 8.78 Å². The maximum Gasteiger partial charge on any atom is 0.131 e. The fourth-order valence-electron chi connectivity index (χ4n) is 0.796. The first kappa shape index (κ1) is 11.1. The fraction of sp³-hybridized carbons (Fsp3) is 0.143. The van der Waals surface area contributed by atoms with Crippen LogP contribution in [0.15, 0.2) is 12.1 Å². The van der Waals surface area contributed by atoms with E-state index >= 15 is 0 Å². The Morgan fingerprint density at radius 1 is 1.33 bits per heavy atom. The third-order valence-corrected chi connectivity index (χ3v) is 1.46. The maximum atomic E-state index is 12.7. The summed E-state index contributed by atoms with van der Waals surface area (Å²) in [6, 6.07) is 1.95. The van der Waals surface area contributed by atoms with E-state index in [1.54, 1.807) is 0 Å². The first-order valence-electron chi connectivity index (χ1n) is 3.07. The molecule has 0 aliphatic carbocycles. The predicted octanol–water partition coefficient (Wildman–Crippen LogP) is 1.98. The Bertz CT molecular complexity index is 278. The molecule has 5 heteroatoms. The average molecular weight is 195 g/mol. The van der Waals surface area contributed by atoms with E-state index in [2.05, 4.69) is 5.43 Å². The fourth-order valence-corrected chi connectivity index (χ4v) is 0.796. The van der Waals surface area contributed by atoms with Crippen molar-refractivity contribution in [1.82, 2.24) is 0 Å². The van der Waals surface area contributed by atoms with Gasteiger partial charge in [0.1, 0.15) is 11.6 Å². The first-order valence-corrected chi connectivity index (χ1v) is 3.07. The molecule has 0 amide bonds. The summed E-state index contributed by atoms with van der Waals surface area (Å²) in [7, 11) is 0. The number of nitrogens with two attached hydrogens (primary N) is 1. The molecule has 0 radical (unpaired) electrons. The van der Waals surface area contributed by atoms with Gasteiger partial charge < -0.3 is 5.43 Å². The lowest BCUT2D eigenvalue weighted by Gasteiger charge is -2.04. The van der Waals surface area contributed by atoms with Crippen molar-refractivity contribution in [2.75, 3.05) is 5.43 Å². The molecule has 0 spiro atoms. The van der Waals surface area contributed by atoms with Gasteiger partial charge in [-0.25, -0.2) is 8.78 Å². The lowest BCUT2D eigenvalue weighted by molar-refractivity contribution is 0.578. The molecule has 3 N–H and O–H groups in total. The minimum atomic E-state index is -0.638. The zero-order chi connectivity index (χ0) is 8.43. The second-order valence-electron chi connectivity index (χ2n) is 2.20. The third kappa shape index (κ3) is 2.06. The van der Waals surface area contributed by atoms with Crippen LogP contribution in [0.3, 0.4) is 0 Å². The topological polar surface area (TPSA) is 38.0 Å². The molecular weight excluding hydrogens is 186 g/mol. The number of hydrazine groups is 1. The van der Waals surface area contributed by atoms with Crippen LogP contribution >= 0.6 is 12.4 Å². The largest absolute Gasteiger partial charge is 0.324 e. The first-order chi connectivity index (χ1) is 5.15. The quantitative estimate of drug-likeness (QED) is 0.530. The highest BCUT2D eigenvalue weighted by molar-refractivity contribution is 5.85. The number of nitrogens with one attached hydrogen (secondary N) is 1. The molecule has 0 saturated heterocycles. The van der Waals surface area contributed by atoms with Crippen molar-refractivity contribution in [3.05, 3.63) is 29.3 Å². The number of hydrogen-bond acceptors (Lipinski definition) is 2. The van der Waals surface area contributed by atoms with E-state index in [1.807, 2.05) is 0 Å². The Morgan fingerprint density at radius 2 is 1.92 bits per heavy atom. The molecule has 0 saturated carbocycles. The molecule has 0 aromatic heterocycles. The van der Waals surface area contributed by atoms with Crippen molar-refractivity contribution in [1.29, 1.82) is 0 Å². The van der Waals surface area contributed by atoms with Crippen LogP contribution in [0.25, 0.3) is 0 Å². The van der Waals surface area contributed by atoms with Gasteiger partial charge in [-0.1, -0.05) is 0 Å². The van der Waals surface area contributed by atoms with Gasteiger partial charge in [0.2, 0.25) is 0 Å². The number of rotatable bonds is 1. The predicted molar refractivity (Wildman–Crippen MR) is 46.2 cm³/mol. The van der Waals surface area contributed by atoms with Crippen molar-refractivity contribution >= 4 is 18.1 Å². The molecule has 0 fully saturated rings. The molecule has 1 aromatic carbocycles. The molecule has 1 aromatic rings. The number of anilines is 1. The lowest BCUT2D eigenvalue weighted by Crippen LogP contribution is -2.09. The minimum absolute atomic E-state index is 0. The van der Waals surface area contributed by atoms with Gasteiger partial charge in [-0.3, -0.25) is 5.84 Å². The van der Waals surface area contributed by atoms with Crippen LogP contribution in [0.1, 0.15) is 5.56 Å². The van der Waals surface area contributed by atoms with Gasteiger partial charge in [0, 0.05) is 11.6 Å². The van der Waals surface area contributed by atoms with Gasteiger partial charge in [0.25, 0.3) is 0 Å². The highest BCUT2D eigenvalue weighted by Crippen LogP contribution is 2.18. The van der Waals surface area contributed by atoms with Crippen LogP contribution in [-0.2, 0) is 0 Å². The molecule has 0 aliphatic heterocycles. The van der Waals surface area contributed by atoms with Crippen molar-refractivity contribution in [2.45, 2.75) is 6.92 Å². The van der Waals surface area contributed by atoms with Gasteiger partial charge >= 0.3 is 0 Å². The minimum Gasteiger partial charge on any atom is -0.324 e. The zero-order valence-electron chi connectivity index (χ0n) is 6.40. The van der Waals surface area contributed by atoms with Gasteiger partial charge in [-0.15, -0.1) is 12.4 Å². The Hall–Kier alpha value is -0.870. The number of nitrogen functional groups attached to an aromatic ring is 1. The summed E-state index contributed by atoms with van der Waals surface area (Å²) in [6.45, 7) is 1.52. The van der Waals surface area contributed by atoms with Crippen molar-refractivity contribution in [3.63, 3.8) is 0 Å². The highest BCUT2D eigenvalue weighted by Gasteiger charge is 2.04. The van der Waals surface area contributed by atoms with Crippen LogP contribution in [0.4, 0.5) is 14.5 Å². The van der Waals surface area contributed by atoms with Crippen LogP contribution in [0.2, 0.25) is 0 Å². The van der Waals surface area contributed by atoms with E-state index in [9.17, 15) is 8.78 Å². The van der Waals surface area contributed by atoms with E-state index in [4.69, 9.17) is 5.84 Å². The van der Waals surface area contributed by atoms with E-state index in [0.717, 1.165) is 12.1 Å². The van der Waals surface area contributed by atoms with E-state index in [-0.39, 0.29) is 18.1 Å². The number of hydrogen-bond donors (Lipinski definition) is 2. The molecule has 0 heterocycles. The van der Waals surface area contributed by atoms with Gasteiger partial charge in [0.15, 0.2) is 0 Å². The van der Waals surface area contributed by atoms with Crippen LogP contribution in [0, 0.1) is 18.6 Å². The maximum absolute atomic E-state index is 12.7. The Morgan fingerprint density at radius 3 is 2.42 bits per heavy atom. The lowest BCUT2D eigenvalue weighted by atomic mass is 10.2. The Kier molecular flexibility index (Phi) is 3.92. The number of benzene rings is 1. The monoisotopic (exact) mass is 194 g/mol. The number of halogens is 3. The average Bonchev–Trinajstić information content (AvgIpc) is 1.96. The van der Waals surface area contributed by atoms with Gasteiger partial charge in [0.05, 0.1) is 5.69 Å². The second-order valence-corrected chi connectivity index (χ2v) is 2.20. The van der Waals surface area contributed by atoms with Gasteiger partial charge in [-0.05, 0) is 13.0 Å². The second kappa shape index (κ2) is 4.23. The van der Waals surface area contributed by atoms with Crippen molar-refractivity contribution in [3.8, 4) is 0 Å². The molecular formula is C7H9ClF2N2. The zero-order valence-corrected chi connectivity index (χ0v) is 7.21. The van der Waals surface area contributed by atoms with E-state index in [1.165, 1.54) is 6.92 Å². The Labute approximate surface area is 75.1 Å². The molecule has 0 aliphatic rings. The molecule has 2 nitrogen and oxygen atoms in total. The van der Waals surface area contributed by atoms with E-state index < -0.39 is 11.6 Å². The smallest absolute Gasteiger partial charge is 0.131 e. The molecule has 0 atom stereocenters. The normalized spacial score (nSPS) is 9.00. The summed E-state index contributed by atoms with van der Waals surface area (Å²) in [5.41, 5.74) is 2.78. The molecule has 1 rings (SSSR count). The standard InChI is InChI=1S/C7H8F2N2.ClH/c1-4-6(9)2-5(8)3-7(4)11-10;/h2-3,11H,10H2,1H3;1H. The van der Waals surface area contributed by atoms with E-state index in [0.29, 0.717) is 5.56 Å². The SMILES string of the molecule is Cc1c(F)cc(F)cc1NN.Cl. The summed E-state index contributed by atoms with van der Waals surface area (Å²) in [6.07, 6.45) is 0. The summed E-state index contributed by atoms with van der Waals surface area (Å²) in [5, 5.41) is 0.